The minimum absolute atomic E-state index is 0.267. The molecule has 2 N–H and O–H groups in total. The number of imide groups is 1. The summed E-state index contributed by atoms with van der Waals surface area (Å²) in [4.78, 5) is 34.2. The van der Waals surface area contributed by atoms with E-state index in [0.29, 0.717) is 12.3 Å². The average Bonchev–Trinajstić information content (AvgIpc) is 2.49. The molecule has 0 heterocycles. The van der Waals surface area contributed by atoms with Crippen molar-refractivity contribution in [3.05, 3.63) is 28.7 Å². The summed E-state index contributed by atoms with van der Waals surface area (Å²) >= 11 is 3.28. The smallest absolute Gasteiger partial charge is 0.344 e. The van der Waals surface area contributed by atoms with Gasteiger partial charge in [0, 0.05) is 11.0 Å². The minimum atomic E-state index is -0.706. The number of nitrogens with one attached hydrogen (secondary N) is 2. The van der Waals surface area contributed by atoms with Gasteiger partial charge in [0.15, 0.2) is 13.2 Å². The Bertz CT molecular complexity index is 563. The van der Waals surface area contributed by atoms with Crippen LogP contribution in [0.15, 0.2) is 28.7 Å². The molecule has 0 saturated carbocycles. The van der Waals surface area contributed by atoms with E-state index in [-0.39, 0.29) is 12.5 Å². The number of urea groups is 1. The maximum absolute atomic E-state index is 11.5. The van der Waals surface area contributed by atoms with Crippen molar-refractivity contribution in [3.63, 3.8) is 0 Å². The summed E-state index contributed by atoms with van der Waals surface area (Å²) in [6.07, 6.45) is 0. The second kappa shape index (κ2) is 9.83. The topological polar surface area (TPSA) is 93.7 Å². The fourth-order valence-corrected chi connectivity index (χ4v) is 1.77. The first kappa shape index (κ1) is 19.0. The van der Waals surface area contributed by atoms with Gasteiger partial charge in [-0.15, -0.1) is 0 Å². The van der Waals surface area contributed by atoms with Crippen LogP contribution in [0.3, 0.4) is 0 Å². The molecule has 0 fully saturated rings. The number of hydrogen-bond donors (Lipinski definition) is 2. The highest BCUT2D eigenvalue weighted by atomic mass is 79.9. The van der Waals surface area contributed by atoms with Crippen molar-refractivity contribution in [3.8, 4) is 5.75 Å². The molecule has 0 aliphatic carbocycles. The van der Waals surface area contributed by atoms with Crippen LogP contribution in [-0.4, -0.2) is 37.7 Å². The van der Waals surface area contributed by atoms with Crippen molar-refractivity contribution < 1.29 is 23.9 Å². The predicted molar refractivity (Wildman–Crippen MR) is 87.0 cm³/mol. The molecule has 0 bridgehead atoms. The average molecular weight is 387 g/mol. The Morgan fingerprint density at radius 2 is 1.96 bits per heavy atom. The fourth-order valence-electron chi connectivity index (χ4n) is 1.39. The van der Waals surface area contributed by atoms with Gasteiger partial charge in [-0.3, -0.25) is 10.1 Å². The van der Waals surface area contributed by atoms with Crippen LogP contribution in [0.4, 0.5) is 4.79 Å². The highest BCUT2D eigenvalue weighted by molar-refractivity contribution is 9.10. The molecule has 1 aromatic carbocycles. The van der Waals surface area contributed by atoms with E-state index >= 15 is 0 Å². The zero-order valence-corrected chi connectivity index (χ0v) is 14.5. The monoisotopic (exact) mass is 386 g/mol. The van der Waals surface area contributed by atoms with Gasteiger partial charge in [0.2, 0.25) is 0 Å². The van der Waals surface area contributed by atoms with E-state index < -0.39 is 24.5 Å². The second-order valence-corrected chi connectivity index (χ2v) is 5.97. The molecule has 1 rings (SSSR count). The van der Waals surface area contributed by atoms with Crippen molar-refractivity contribution in [1.29, 1.82) is 0 Å². The number of halogens is 1. The lowest BCUT2D eigenvalue weighted by Crippen LogP contribution is -2.42. The third-order valence-corrected chi connectivity index (χ3v) is 2.93. The van der Waals surface area contributed by atoms with E-state index in [0.717, 1.165) is 4.47 Å². The number of amides is 3. The van der Waals surface area contributed by atoms with Crippen molar-refractivity contribution >= 4 is 33.8 Å². The van der Waals surface area contributed by atoms with E-state index in [2.05, 4.69) is 26.6 Å². The number of hydrogen-bond acceptors (Lipinski definition) is 5. The normalized spacial score (nSPS) is 10.1. The molecule has 0 aliphatic rings. The molecule has 126 valence electrons. The summed E-state index contributed by atoms with van der Waals surface area (Å²) in [6, 6.07) is 6.33. The lowest BCUT2D eigenvalue weighted by molar-refractivity contribution is -0.150. The third-order valence-electron chi connectivity index (χ3n) is 2.44. The van der Waals surface area contributed by atoms with Gasteiger partial charge in [0.25, 0.3) is 5.91 Å². The summed E-state index contributed by atoms with van der Waals surface area (Å²) in [5.74, 6) is -0.650. The van der Waals surface area contributed by atoms with Crippen LogP contribution < -0.4 is 15.4 Å². The Balaban J connectivity index is 2.22. The number of esters is 1. The molecular weight excluding hydrogens is 368 g/mol. The largest absolute Gasteiger partial charge is 0.482 e. The Hall–Kier alpha value is -2.09. The van der Waals surface area contributed by atoms with Crippen LogP contribution >= 0.6 is 15.9 Å². The Morgan fingerprint density at radius 1 is 1.22 bits per heavy atom. The Kier molecular flexibility index (Phi) is 8.10. The van der Waals surface area contributed by atoms with Crippen molar-refractivity contribution in [1.82, 2.24) is 10.6 Å². The Labute approximate surface area is 142 Å². The van der Waals surface area contributed by atoms with Gasteiger partial charge < -0.3 is 14.8 Å². The van der Waals surface area contributed by atoms with E-state index in [9.17, 15) is 14.4 Å². The summed E-state index contributed by atoms with van der Waals surface area (Å²) in [5.41, 5.74) is 0. The molecule has 0 saturated heterocycles. The summed E-state index contributed by atoms with van der Waals surface area (Å²) in [6.45, 7) is 3.42. The Morgan fingerprint density at radius 3 is 2.61 bits per heavy atom. The zero-order valence-electron chi connectivity index (χ0n) is 12.9. The van der Waals surface area contributed by atoms with Crippen LogP contribution in [-0.2, 0) is 14.3 Å². The molecular formula is C15H19BrN2O5. The van der Waals surface area contributed by atoms with Crippen LogP contribution in [0.5, 0.6) is 5.75 Å². The van der Waals surface area contributed by atoms with Gasteiger partial charge in [-0.2, -0.15) is 0 Å². The maximum Gasteiger partial charge on any atom is 0.344 e. The summed E-state index contributed by atoms with van der Waals surface area (Å²) in [7, 11) is 0. The van der Waals surface area contributed by atoms with E-state index in [1.807, 2.05) is 19.9 Å². The van der Waals surface area contributed by atoms with Crippen LogP contribution in [0.2, 0.25) is 0 Å². The molecule has 1 aromatic rings. The second-order valence-electron chi connectivity index (χ2n) is 5.06. The van der Waals surface area contributed by atoms with Crippen LogP contribution in [0, 0.1) is 5.92 Å². The van der Waals surface area contributed by atoms with Gasteiger partial charge in [-0.1, -0.05) is 35.8 Å². The molecule has 0 unspecified atom stereocenters. The highest BCUT2D eigenvalue weighted by Gasteiger charge is 2.11. The molecule has 0 radical (unpaired) electrons. The lowest BCUT2D eigenvalue weighted by Gasteiger charge is -2.09. The number of ether oxygens (including phenoxy) is 2. The first-order chi connectivity index (χ1) is 10.9. The van der Waals surface area contributed by atoms with Crippen molar-refractivity contribution in [2.45, 2.75) is 13.8 Å². The molecule has 23 heavy (non-hydrogen) atoms. The maximum atomic E-state index is 11.5. The predicted octanol–water partition coefficient (Wildman–Crippen LogP) is 1.85. The van der Waals surface area contributed by atoms with Gasteiger partial charge in [0.05, 0.1) is 0 Å². The number of carbonyl (C=O) groups is 3. The molecule has 0 aromatic heterocycles. The van der Waals surface area contributed by atoms with Crippen molar-refractivity contribution in [2.24, 2.45) is 5.92 Å². The van der Waals surface area contributed by atoms with Gasteiger partial charge >= 0.3 is 12.0 Å². The molecule has 0 aliphatic heterocycles. The van der Waals surface area contributed by atoms with Crippen LogP contribution in [0.25, 0.3) is 0 Å². The highest BCUT2D eigenvalue weighted by Crippen LogP contribution is 2.17. The molecule has 0 spiro atoms. The number of benzene rings is 1. The van der Waals surface area contributed by atoms with E-state index in [1.165, 1.54) is 0 Å². The zero-order chi connectivity index (χ0) is 17.2. The first-order valence-corrected chi connectivity index (χ1v) is 7.77. The lowest BCUT2D eigenvalue weighted by atomic mass is 10.2. The minimum Gasteiger partial charge on any atom is -0.482 e. The summed E-state index contributed by atoms with van der Waals surface area (Å²) in [5, 5.41) is 4.57. The quantitative estimate of drug-likeness (QED) is 0.697. The van der Waals surface area contributed by atoms with Gasteiger partial charge in [0.1, 0.15) is 5.75 Å². The third kappa shape index (κ3) is 8.82. The fraction of sp³-hybridized carbons (Fsp3) is 0.400. The molecule has 8 heteroatoms. The molecule has 3 amide bonds. The van der Waals surface area contributed by atoms with E-state index in [1.54, 1.807) is 18.2 Å². The summed E-state index contributed by atoms with van der Waals surface area (Å²) < 4.78 is 10.7. The standard InChI is InChI=1S/C15H19BrN2O5/c1-10(2)7-17-15(21)18-13(19)8-23-14(20)9-22-12-5-3-4-11(16)6-12/h3-6,10H,7-9H2,1-2H3,(H2,17,18,19,21). The van der Waals surface area contributed by atoms with Gasteiger partial charge in [-0.25, -0.2) is 9.59 Å². The van der Waals surface area contributed by atoms with Gasteiger partial charge in [-0.05, 0) is 24.1 Å². The number of rotatable bonds is 7. The van der Waals surface area contributed by atoms with Crippen molar-refractivity contribution in [2.75, 3.05) is 19.8 Å². The first-order valence-electron chi connectivity index (χ1n) is 6.98. The molecule has 0 atom stereocenters. The SMILES string of the molecule is CC(C)CNC(=O)NC(=O)COC(=O)COc1cccc(Br)c1. The molecule has 7 nitrogen and oxygen atoms in total. The number of carbonyl (C=O) groups excluding carboxylic acids is 3. The van der Waals surface area contributed by atoms with Crippen LogP contribution in [0.1, 0.15) is 13.8 Å². The van der Waals surface area contributed by atoms with E-state index in [4.69, 9.17) is 9.47 Å².